The number of rotatable bonds is 4. The van der Waals surface area contributed by atoms with Gasteiger partial charge in [0, 0.05) is 54.8 Å². The van der Waals surface area contributed by atoms with Gasteiger partial charge in [-0.2, -0.15) is 0 Å². The Morgan fingerprint density at radius 1 is 1.13 bits per heavy atom. The van der Waals surface area contributed by atoms with Crippen molar-refractivity contribution in [3.05, 3.63) is 48.3 Å². The third-order valence-corrected chi connectivity index (χ3v) is 7.01. The van der Waals surface area contributed by atoms with Crippen LogP contribution in [0, 0.1) is 5.92 Å². The van der Waals surface area contributed by atoms with Crippen LogP contribution in [0.25, 0.3) is 22.0 Å². The van der Waals surface area contributed by atoms with E-state index in [2.05, 4.69) is 33.5 Å². The Balaban J connectivity index is 1.37. The van der Waals surface area contributed by atoms with Gasteiger partial charge in [-0.1, -0.05) is 12.5 Å². The fraction of sp³-hybridized carbons (Fsp3) is 0.375. The summed E-state index contributed by atoms with van der Waals surface area (Å²) >= 11 is 0. The first-order valence-electron chi connectivity index (χ1n) is 10.7. The molecule has 1 spiro atoms. The minimum absolute atomic E-state index is 0.216. The Labute approximate surface area is 175 Å². The number of hydrogen-bond donors (Lipinski definition) is 1. The van der Waals surface area contributed by atoms with Crippen LogP contribution in [0.2, 0.25) is 0 Å². The lowest BCUT2D eigenvalue weighted by molar-refractivity contribution is -0.125. The average molecular weight is 400 g/mol. The second-order valence-electron chi connectivity index (χ2n) is 8.77. The summed E-state index contributed by atoms with van der Waals surface area (Å²) in [6.45, 7) is 2.75. The van der Waals surface area contributed by atoms with Crippen molar-refractivity contribution in [2.45, 2.75) is 24.7 Å². The molecule has 0 unspecified atom stereocenters. The molecule has 30 heavy (non-hydrogen) atoms. The summed E-state index contributed by atoms with van der Waals surface area (Å²) in [7, 11) is 1.87. The molecule has 1 aliphatic carbocycles. The maximum absolute atomic E-state index is 13.0. The Kier molecular flexibility index (Phi) is 3.87. The fourth-order valence-electron chi connectivity index (χ4n) is 4.96. The van der Waals surface area contributed by atoms with E-state index in [-0.39, 0.29) is 11.3 Å². The highest BCUT2D eigenvalue weighted by Crippen LogP contribution is 2.55. The molecule has 6 heteroatoms. The molecule has 2 aliphatic heterocycles. The van der Waals surface area contributed by atoms with E-state index < -0.39 is 0 Å². The number of nitrogens with one attached hydrogen (secondary N) is 1. The van der Waals surface area contributed by atoms with Crippen LogP contribution in [0.15, 0.2) is 42.7 Å². The van der Waals surface area contributed by atoms with Gasteiger partial charge < -0.3 is 15.0 Å². The third-order valence-electron chi connectivity index (χ3n) is 7.01. The van der Waals surface area contributed by atoms with Crippen molar-refractivity contribution in [2.24, 2.45) is 5.92 Å². The predicted octanol–water partition coefficient (Wildman–Crippen LogP) is 3.29. The largest absolute Gasteiger partial charge is 0.477 e. The average Bonchev–Trinajstić information content (AvgIpc) is 2.95. The monoisotopic (exact) mass is 400 g/mol. The Morgan fingerprint density at radius 3 is 2.63 bits per heavy atom. The van der Waals surface area contributed by atoms with Crippen molar-refractivity contribution < 1.29 is 9.53 Å². The van der Waals surface area contributed by atoms with Gasteiger partial charge in [0.2, 0.25) is 11.8 Å². The van der Waals surface area contributed by atoms with E-state index in [0.29, 0.717) is 18.4 Å². The van der Waals surface area contributed by atoms with Crippen LogP contribution in [-0.4, -0.2) is 42.6 Å². The molecule has 1 saturated heterocycles. The molecule has 2 fully saturated rings. The van der Waals surface area contributed by atoms with Crippen molar-refractivity contribution in [3.8, 4) is 17.0 Å². The number of likely N-dealkylation sites (N-methyl/N-ethyl adjacent to an activating group) is 1. The van der Waals surface area contributed by atoms with E-state index >= 15 is 0 Å². The topological polar surface area (TPSA) is 67.4 Å². The number of amides is 1. The molecule has 0 bridgehead atoms. The van der Waals surface area contributed by atoms with Crippen LogP contribution < -0.4 is 15.0 Å². The van der Waals surface area contributed by atoms with E-state index in [4.69, 9.17) is 4.74 Å². The zero-order chi connectivity index (χ0) is 20.3. The number of nitrogens with zero attached hydrogens (tertiary/aromatic N) is 3. The minimum Gasteiger partial charge on any atom is -0.477 e. The van der Waals surface area contributed by atoms with Gasteiger partial charge in [-0.3, -0.25) is 9.78 Å². The molecule has 6 nitrogen and oxygen atoms in total. The quantitative estimate of drug-likeness (QED) is 0.728. The number of fused-ring (bicyclic) bond motifs is 4. The molecule has 0 atom stereocenters. The highest BCUT2D eigenvalue weighted by molar-refractivity contribution is 6.13. The number of benzene rings is 1. The van der Waals surface area contributed by atoms with Crippen molar-refractivity contribution >= 4 is 22.5 Å². The number of anilines is 1. The minimum atomic E-state index is -0.351. The van der Waals surface area contributed by atoms with Gasteiger partial charge in [0.15, 0.2) is 0 Å². The Morgan fingerprint density at radius 2 is 1.97 bits per heavy atom. The standard InChI is InChI=1S/C24H24N4O2/c1-28-20-13-26-19-5-3-16(9-18(19)22(20)24(23(28)29)7-2-8-24)17-4-6-21(27-12-17)30-14-15-10-25-11-15/h3-6,9,12-13,15,25H,2,7-8,10-11,14H2,1H3. The maximum Gasteiger partial charge on any atom is 0.237 e. The van der Waals surface area contributed by atoms with Crippen LogP contribution in [-0.2, 0) is 10.2 Å². The van der Waals surface area contributed by atoms with Crippen molar-refractivity contribution in [3.63, 3.8) is 0 Å². The molecule has 1 saturated carbocycles. The van der Waals surface area contributed by atoms with E-state index in [0.717, 1.165) is 65.6 Å². The molecule has 1 amide bonds. The number of hydrogen-bond acceptors (Lipinski definition) is 5. The van der Waals surface area contributed by atoms with Crippen LogP contribution in [0.4, 0.5) is 5.69 Å². The smallest absolute Gasteiger partial charge is 0.237 e. The Hall–Kier alpha value is -2.99. The number of pyridine rings is 2. The first-order chi connectivity index (χ1) is 14.7. The third kappa shape index (κ3) is 2.50. The van der Waals surface area contributed by atoms with E-state index in [1.165, 1.54) is 0 Å². The fourth-order valence-corrected chi connectivity index (χ4v) is 4.96. The molecule has 152 valence electrons. The van der Waals surface area contributed by atoms with Gasteiger partial charge in [-0.15, -0.1) is 0 Å². The van der Waals surface area contributed by atoms with Crippen molar-refractivity contribution in [1.82, 2.24) is 15.3 Å². The van der Waals surface area contributed by atoms with Gasteiger partial charge in [0.1, 0.15) is 0 Å². The summed E-state index contributed by atoms with van der Waals surface area (Å²) in [5, 5.41) is 4.33. The number of carbonyl (C=O) groups excluding carboxylic acids is 1. The molecule has 2 aromatic heterocycles. The highest BCUT2D eigenvalue weighted by Gasteiger charge is 2.54. The number of ether oxygens (including phenoxy) is 1. The molecule has 1 N–H and O–H groups in total. The van der Waals surface area contributed by atoms with Gasteiger partial charge in [-0.05, 0) is 36.6 Å². The van der Waals surface area contributed by atoms with E-state index in [1.54, 1.807) is 4.90 Å². The molecule has 0 radical (unpaired) electrons. The lowest BCUT2D eigenvalue weighted by Crippen LogP contribution is -2.45. The molecule has 1 aromatic carbocycles. The van der Waals surface area contributed by atoms with Gasteiger partial charge in [0.25, 0.3) is 0 Å². The van der Waals surface area contributed by atoms with Crippen molar-refractivity contribution in [1.29, 1.82) is 0 Å². The SMILES string of the molecule is CN1C(=O)C2(CCC2)c2c1cnc1ccc(-c3ccc(OCC4CNC4)nc3)cc21. The van der Waals surface area contributed by atoms with Crippen LogP contribution in [0.5, 0.6) is 5.88 Å². The first kappa shape index (κ1) is 17.8. The Bertz CT molecular complexity index is 1150. The molecule has 3 aliphatic rings. The van der Waals surface area contributed by atoms with Crippen molar-refractivity contribution in [2.75, 3.05) is 31.6 Å². The zero-order valence-electron chi connectivity index (χ0n) is 17.0. The second kappa shape index (κ2) is 6.51. The van der Waals surface area contributed by atoms with Gasteiger partial charge >= 0.3 is 0 Å². The molecular weight excluding hydrogens is 376 g/mol. The normalized spacial score (nSPS) is 19.6. The maximum atomic E-state index is 13.0. The van der Waals surface area contributed by atoms with Gasteiger partial charge in [0.05, 0.1) is 29.4 Å². The first-order valence-corrected chi connectivity index (χ1v) is 10.7. The predicted molar refractivity (Wildman–Crippen MR) is 116 cm³/mol. The number of aromatic nitrogens is 2. The lowest BCUT2D eigenvalue weighted by atomic mass is 9.64. The molecular formula is C24H24N4O2. The summed E-state index contributed by atoms with van der Waals surface area (Å²) in [4.78, 5) is 23.9. The summed E-state index contributed by atoms with van der Waals surface area (Å²) in [6.07, 6.45) is 6.67. The van der Waals surface area contributed by atoms with E-state index in [1.807, 2.05) is 31.6 Å². The van der Waals surface area contributed by atoms with Crippen LogP contribution >= 0.6 is 0 Å². The van der Waals surface area contributed by atoms with Crippen LogP contribution in [0.1, 0.15) is 24.8 Å². The summed E-state index contributed by atoms with van der Waals surface area (Å²) in [6, 6.07) is 10.3. The summed E-state index contributed by atoms with van der Waals surface area (Å²) < 4.78 is 5.80. The second-order valence-corrected chi connectivity index (χ2v) is 8.77. The highest BCUT2D eigenvalue weighted by atomic mass is 16.5. The molecule has 6 rings (SSSR count). The van der Waals surface area contributed by atoms with Gasteiger partial charge in [-0.25, -0.2) is 4.98 Å². The number of carbonyl (C=O) groups is 1. The van der Waals surface area contributed by atoms with Crippen LogP contribution in [0.3, 0.4) is 0 Å². The lowest BCUT2D eigenvalue weighted by Gasteiger charge is -2.37. The summed E-state index contributed by atoms with van der Waals surface area (Å²) in [5.41, 5.74) is 4.82. The molecule has 3 aromatic rings. The molecule has 4 heterocycles. The zero-order valence-corrected chi connectivity index (χ0v) is 17.0. The summed E-state index contributed by atoms with van der Waals surface area (Å²) in [5.74, 6) is 1.46. The van der Waals surface area contributed by atoms with E-state index in [9.17, 15) is 4.79 Å².